The zero-order chi connectivity index (χ0) is 19.8. The minimum Gasteiger partial charge on any atom is -0.475 e. The van der Waals surface area contributed by atoms with Crippen LogP contribution < -0.4 is 5.73 Å². The molecule has 26 heavy (non-hydrogen) atoms. The third kappa shape index (κ3) is 4.15. The molecule has 1 saturated carbocycles. The summed E-state index contributed by atoms with van der Waals surface area (Å²) in [6.07, 6.45) is -5.15. The van der Waals surface area contributed by atoms with Crippen LogP contribution in [0, 0.1) is 0 Å². The summed E-state index contributed by atoms with van der Waals surface area (Å²) >= 11 is 11.7. The number of carbonyl (C=O) groups is 1. The number of aliphatic carboxylic acids is 1. The fourth-order valence-electron chi connectivity index (χ4n) is 2.42. The number of aliphatic hydroxyl groups excluding tert-OH is 2. The topological polar surface area (TPSA) is 147 Å². The molecule has 3 rings (SSSR count). The van der Waals surface area contributed by atoms with Crippen molar-refractivity contribution in [2.24, 2.45) is 5.73 Å². The smallest absolute Gasteiger partial charge is 0.475 e. The first-order valence-corrected chi connectivity index (χ1v) is 7.66. The lowest BCUT2D eigenvalue weighted by Gasteiger charge is -2.17. The van der Waals surface area contributed by atoms with E-state index in [1.54, 1.807) is 4.57 Å². The van der Waals surface area contributed by atoms with Crippen LogP contribution in [0.4, 0.5) is 13.2 Å². The van der Waals surface area contributed by atoms with E-state index in [4.69, 9.17) is 38.8 Å². The van der Waals surface area contributed by atoms with Crippen molar-refractivity contribution in [3.05, 3.63) is 16.8 Å². The second-order valence-electron chi connectivity index (χ2n) is 5.36. The maximum absolute atomic E-state index is 10.6. The standard InChI is InChI=1S/C10H11Cl2N5O2.C2HF3O2/c11-8-5-9(16-10(12)15-8)17(2-14-5)4-1-3(13)6(18)7(4)19;3-2(4,5)1(6)7/h2-4,6-7,18-19H,1,13H2;(H,6,7)/t3-,4+,6+,7-;/m0./s1. The summed E-state index contributed by atoms with van der Waals surface area (Å²) in [5, 5.41) is 27.0. The third-order valence-electron chi connectivity index (χ3n) is 3.65. The fraction of sp³-hybridized carbons (Fsp3) is 0.500. The molecule has 144 valence electrons. The van der Waals surface area contributed by atoms with Gasteiger partial charge in [-0.15, -0.1) is 0 Å². The zero-order valence-corrected chi connectivity index (χ0v) is 14.1. The number of halogens is 5. The Morgan fingerprint density at radius 1 is 1.27 bits per heavy atom. The van der Waals surface area contributed by atoms with Gasteiger partial charge < -0.3 is 25.6 Å². The molecule has 2 aromatic heterocycles. The molecule has 1 fully saturated rings. The highest BCUT2D eigenvalue weighted by molar-refractivity contribution is 6.35. The number of imidazole rings is 1. The van der Waals surface area contributed by atoms with Crippen molar-refractivity contribution in [3.63, 3.8) is 0 Å². The van der Waals surface area contributed by atoms with Gasteiger partial charge in [-0.25, -0.2) is 14.8 Å². The molecule has 0 radical (unpaired) electrons. The number of fused-ring (bicyclic) bond motifs is 1. The summed E-state index contributed by atoms with van der Waals surface area (Å²) in [6.45, 7) is 0. The molecular weight excluding hydrogens is 406 g/mol. The number of carboxylic acids is 1. The molecule has 4 atom stereocenters. The van der Waals surface area contributed by atoms with Crippen LogP contribution >= 0.6 is 23.2 Å². The summed E-state index contributed by atoms with van der Waals surface area (Å²) in [7, 11) is 0. The minimum absolute atomic E-state index is 0.00316. The third-order valence-corrected chi connectivity index (χ3v) is 4.08. The average molecular weight is 418 g/mol. The average Bonchev–Trinajstić information content (AvgIpc) is 3.04. The molecule has 14 heteroatoms. The number of alkyl halides is 3. The van der Waals surface area contributed by atoms with Crippen LogP contribution in [0.5, 0.6) is 0 Å². The lowest BCUT2D eigenvalue weighted by molar-refractivity contribution is -0.192. The van der Waals surface area contributed by atoms with Gasteiger partial charge in [0.2, 0.25) is 5.28 Å². The molecule has 0 unspecified atom stereocenters. The van der Waals surface area contributed by atoms with Gasteiger partial charge in [-0.05, 0) is 18.0 Å². The zero-order valence-electron chi connectivity index (χ0n) is 12.6. The second kappa shape index (κ2) is 7.48. The van der Waals surface area contributed by atoms with Crippen molar-refractivity contribution in [1.29, 1.82) is 0 Å². The van der Waals surface area contributed by atoms with E-state index in [0.717, 1.165) is 0 Å². The summed E-state index contributed by atoms with van der Waals surface area (Å²) in [6, 6.07) is -0.915. The van der Waals surface area contributed by atoms with Crippen LogP contribution in [0.15, 0.2) is 6.33 Å². The highest BCUT2D eigenvalue weighted by Gasteiger charge is 2.41. The maximum Gasteiger partial charge on any atom is 0.490 e. The van der Waals surface area contributed by atoms with E-state index in [1.807, 2.05) is 0 Å². The molecule has 0 saturated heterocycles. The number of hydrogen-bond acceptors (Lipinski definition) is 7. The predicted molar refractivity (Wildman–Crippen MR) is 82.7 cm³/mol. The van der Waals surface area contributed by atoms with Gasteiger partial charge in [0.15, 0.2) is 10.8 Å². The Bertz CT molecular complexity index is 818. The van der Waals surface area contributed by atoms with Crippen LogP contribution in [0.3, 0.4) is 0 Å². The molecule has 0 aliphatic heterocycles. The van der Waals surface area contributed by atoms with Gasteiger partial charge in [-0.3, -0.25) is 0 Å². The molecule has 2 aromatic rings. The Morgan fingerprint density at radius 2 is 1.85 bits per heavy atom. The maximum atomic E-state index is 10.6. The second-order valence-corrected chi connectivity index (χ2v) is 6.05. The van der Waals surface area contributed by atoms with Crippen LogP contribution in [0.1, 0.15) is 12.5 Å². The monoisotopic (exact) mass is 417 g/mol. The Balaban J connectivity index is 0.000000298. The molecule has 0 spiro atoms. The Morgan fingerprint density at radius 3 is 2.31 bits per heavy atom. The summed E-state index contributed by atoms with van der Waals surface area (Å²) in [5.41, 5.74) is 6.55. The Hall–Kier alpha value is -1.73. The summed E-state index contributed by atoms with van der Waals surface area (Å²) in [5.74, 6) is -2.76. The molecule has 0 amide bonds. The van der Waals surface area contributed by atoms with Crippen molar-refractivity contribution >= 4 is 40.3 Å². The molecule has 1 aliphatic carbocycles. The van der Waals surface area contributed by atoms with Crippen molar-refractivity contribution in [1.82, 2.24) is 19.5 Å². The van der Waals surface area contributed by atoms with E-state index in [2.05, 4.69) is 15.0 Å². The minimum atomic E-state index is -5.08. The van der Waals surface area contributed by atoms with Crippen molar-refractivity contribution in [3.8, 4) is 0 Å². The largest absolute Gasteiger partial charge is 0.490 e. The van der Waals surface area contributed by atoms with Crippen LogP contribution in [-0.4, -0.2) is 65.2 Å². The molecule has 2 heterocycles. The Labute approximate surface area is 153 Å². The van der Waals surface area contributed by atoms with Gasteiger partial charge in [0, 0.05) is 6.04 Å². The van der Waals surface area contributed by atoms with Gasteiger partial charge in [0.1, 0.15) is 11.6 Å². The number of aliphatic hydroxyl groups is 2. The molecule has 0 bridgehead atoms. The van der Waals surface area contributed by atoms with Gasteiger partial charge >= 0.3 is 12.1 Å². The van der Waals surface area contributed by atoms with E-state index in [1.165, 1.54) is 6.33 Å². The molecule has 1 aliphatic rings. The SMILES string of the molecule is N[C@H]1C[C@@H](n2cnc3c(Cl)nc(Cl)nc32)[C@H](O)[C@@H]1O.O=C(O)C(F)(F)F. The van der Waals surface area contributed by atoms with Gasteiger partial charge in [0.25, 0.3) is 0 Å². The van der Waals surface area contributed by atoms with E-state index in [0.29, 0.717) is 17.6 Å². The quantitative estimate of drug-likeness (QED) is 0.392. The summed E-state index contributed by atoms with van der Waals surface area (Å²) < 4.78 is 33.4. The van der Waals surface area contributed by atoms with E-state index < -0.39 is 36.4 Å². The number of rotatable bonds is 1. The van der Waals surface area contributed by atoms with Crippen molar-refractivity contribution in [2.45, 2.75) is 36.9 Å². The van der Waals surface area contributed by atoms with E-state index in [9.17, 15) is 23.4 Å². The van der Waals surface area contributed by atoms with Crippen LogP contribution in [0.2, 0.25) is 10.4 Å². The lowest BCUT2D eigenvalue weighted by Crippen LogP contribution is -2.35. The van der Waals surface area contributed by atoms with E-state index >= 15 is 0 Å². The first-order valence-electron chi connectivity index (χ1n) is 6.91. The number of hydrogen-bond donors (Lipinski definition) is 4. The van der Waals surface area contributed by atoms with Gasteiger partial charge in [-0.1, -0.05) is 11.6 Å². The predicted octanol–water partition coefficient (Wildman–Crippen LogP) is 0.760. The number of carboxylic acid groups (broad SMARTS) is 1. The first-order chi connectivity index (χ1) is 11.9. The fourth-order valence-corrected chi connectivity index (χ4v) is 2.84. The van der Waals surface area contributed by atoms with Gasteiger partial charge in [0.05, 0.1) is 18.5 Å². The first kappa shape index (κ1) is 20.6. The molecule has 0 aromatic carbocycles. The lowest BCUT2D eigenvalue weighted by atomic mass is 10.2. The van der Waals surface area contributed by atoms with E-state index in [-0.39, 0.29) is 10.4 Å². The van der Waals surface area contributed by atoms with Crippen LogP contribution in [-0.2, 0) is 4.79 Å². The summed E-state index contributed by atoms with van der Waals surface area (Å²) in [4.78, 5) is 20.9. The van der Waals surface area contributed by atoms with Crippen molar-refractivity contribution < 1.29 is 33.3 Å². The normalized spacial score (nSPS) is 25.8. The van der Waals surface area contributed by atoms with Crippen molar-refractivity contribution in [2.75, 3.05) is 0 Å². The number of nitrogens with zero attached hydrogens (tertiary/aromatic N) is 4. The molecule has 9 nitrogen and oxygen atoms in total. The highest BCUT2D eigenvalue weighted by Crippen LogP contribution is 2.33. The number of aromatic nitrogens is 4. The van der Waals surface area contributed by atoms with Crippen LogP contribution in [0.25, 0.3) is 11.2 Å². The molecule has 5 N–H and O–H groups in total. The molecular formula is C12H12Cl2F3N5O4. The Kier molecular flexibility index (Phi) is 5.92. The number of nitrogens with two attached hydrogens (primary N) is 1. The highest BCUT2D eigenvalue weighted by atomic mass is 35.5. The van der Waals surface area contributed by atoms with Gasteiger partial charge in [-0.2, -0.15) is 18.2 Å².